The Bertz CT molecular complexity index is 550. The van der Waals surface area contributed by atoms with Crippen LogP contribution in [0, 0.1) is 26.2 Å². The molecule has 4 nitrogen and oxygen atoms in total. The molecule has 0 saturated heterocycles. The zero-order chi connectivity index (χ0) is 13.8. The predicted molar refractivity (Wildman–Crippen MR) is 66.4 cm³/mol. The van der Waals surface area contributed by atoms with Gasteiger partial charge in [-0.3, -0.25) is 5.43 Å². The number of nitriles is 2. The van der Waals surface area contributed by atoms with E-state index in [-0.39, 0.29) is 9.26 Å². The van der Waals surface area contributed by atoms with Crippen molar-refractivity contribution in [3.05, 3.63) is 27.3 Å². The van der Waals surface area contributed by atoms with Crippen LogP contribution in [0.2, 0.25) is 0 Å². The Hall–Kier alpha value is -1.81. The van der Waals surface area contributed by atoms with E-state index in [0.29, 0.717) is 0 Å². The van der Waals surface area contributed by atoms with Gasteiger partial charge in [0.2, 0.25) is 5.71 Å². The molecule has 1 aromatic rings. The first kappa shape index (κ1) is 14.3. The maximum atomic E-state index is 12.4. The molecule has 0 unspecified atom stereocenters. The van der Waals surface area contributed by atoms with Crippen LogP contribution >= 0.6 is 22.6 Å². The van der Waals surface area contributed by atoms with Crippen molar-refractivity contribution in [3.8, 4) is 12.1 Å². The van der Waals surface area contributed by atoms with E-state index in [0.717, 1.165) is 12.1 Å². The van der Waals surface area contributed by atoms with E-state index in [9.17, 15) is 13.2 Å². The third kappa shape index (κ3) is 3.60. The first-order valence-electron chi connectivity index (χ1n) is 4.39. The summed E-state index contributed by atoms with van der Waals surface area (Å²) in [6.07, 6.45) is -4.41. The number of hydrazone groups is 1. The number of hydrogen-bond acceptors (Lipinski definition) is 4. The van der Waals surface area contributed by atoms with Gasteiger partial charge in [0.25, 0.3) is 0 Å². The molecular formula is C10H4F3IN4. The molecule has 0 aromatic heterocycles. The quantitative estimate of drug-likeness (QED) is 0.498. The third-order valence-corrected chi connectivity index (χ3v) is 2.69. The zero-order valence-electron chi connectivity index (χ0n) is 8.59. The molecule has 0 aliphatic carbocycles. The highest BCUT2D eigenvalue weighted by atomic mass is 127. The smallest absolute Gasteiger partial charge is 0.275 e. The van der Waals surface area contributed by atoms with E-state index in [1.807, 2.05) is 0 Å². The molecular weight excluding hydrogens is 360 g/mol. The van der Waals surface area contributed by atoms with E-state index in [2.05, 4.69) is 10.5 Å². The van der Waals surface area contributed by atoms with Crippen molar-refractivity contribution in [1.82, 2.24) is 0 Å². The average molecular weight is 364 g/mol. The SMILES string of the molecule is N#CC(C#N)=NNc1ccc(C(F)(F)F)cc1I. The van der Waals surface area contributed by atoms with E-state index in [1.165, 1.54) is 18.2 Å². The lowest BCUT2D eigenvalue weighted by Gasteiger charge is -2.09. The molecule has 0 heterocycles. The summed E-state index contributed by atoms with van der Waals surface area (Å²) < 4.78 is 37.4. The average Bonchev–Trinajstić information content (AvgIpc) is 2.30. The van der Waals surface area contributed by atoms with Gasteiger partial charge in [0.15, 0.2) is 0 Å². The molecule has 0 spiro atoms. The highest BCUT2D eigenvalue weighted by Crippen LogP contribution is 2.32. The summed E-state index contributed by atoms with van der Waals surface area (Å²) in [5, 5.41) is 20.3. The van der Waals surface area contributed by atoms with Crippen LogP contribution in [0.4, 0.5) is 18.9 Å². The van der Waals surface area contributed by atoms with Crippen LogP contribution in [0.25, 0.3) is 0 Å². The molecule has 0 bridgehead atoms. The van der Waals surface area contributed by atoms with Gasteiger partial charge in [0.05, 0.1) is 11.3 Å². The maximum absolute atomic E-state index is 12.4. The number of anilines is 1. The molecule has 1 rings (SSSR count). The van der Waals surface area contributed by atoms with Gasteiger partial charge in [-0.05, 0) is 40.8 Å². The monoisotopic (exact) mass is 364 g/mol. The van der Waals surface area contributed by atoms with Gasteiger partial charge in [-0.15, -0.1) is 0 Å². The molecule has 0 radical (unpaired) electrons. The Morgan fingerprint density at radius 3 is 2.33 bits per heavy atom. The van der Waals surface area contributed by atoms with Gasteiger partial charge < -0.3 is 0 Å². The number of nitrogens with zero attached hydrogens (tertiary/aromatic N) is 3. The fourth-order valence-corrected chi connectivity index (χ4v) is 1.61. The minimum absolute atomic E-state index is 0.279. The number of nitrogens with one attached hydrogen (secondary N) is 1. The molecule has 0 fully saturated rings. The topological polar surface area (TPSA) is 72.0 Å². The normalized spacial score (nSPS) is 10.1. The number of hydrogen-bond donors (Lipinski definition) is 1. The molecule has 0 atom stereocenters. The third-order valence-electron chi connectivity index (χ3n) is 1.80. The first-order valence-corrected chi connectivity index (χ1v) is 5.47. The molecule has 1 aromatic carbocycles. The van der Waals surface area contributed by atoms with E-state index < -0.39 is 17.5 Å². The highest BCUT2D eigenvalue weighted by molar-refractivity contribution is 14.1. The lowest BCUT2D eigenvalue weighted by molar-refractivity contribution is -0.137. The molecule has 18 heavy (non-hydrogen) atoms. The van der Waals surface area contributed by atoms with Crippen molar-refractivity contribution < 1.29 is 13.2 Å². The van der Waals surface area contributed by atoms with Crippen LogP contribution < -0.4 is 5.43 Å². The predicted octanol–water partition coefficient (Wildman–Crippen LogP) is 3.13. The van der Waals surface area contributed by atoms with E-state index in [1.54, 1.807) is 22.6 Å². The second kappa shape index (κ2) is 5.69. The van der Waals surface area contributed by atoms with Crippen LogP contribution in [0.3, 0.4) is 0 Å². The minimum atomic E-state index is -4.41. The highest BCUT2D eigenvalue weighted by Gasteiger charge is 2.30. The fourth-order valence-electron chi connectivity index (χ4n) is 0.973. The Kier molecular flexibility index (Phi) is 4.50. The summed E-state index contributed by atoms with van der Waals surface area (Å²) in [7, 11) is 0. The van der Waals surface area contributed by atoms with Gasteiger partial charge >= 0.3 is 6.18 Å². The van der Waals surface area contributed by atoms with Crippen LogP contribution in [0.15, 0.2) is 23.3 Å². The Labute approximate surface area is 114 Å². The summed E-state index contributed by atoms with van der Waals surface area (Å²) in [6, 6.07) is 6.05. The number of rotatable bonds is 2. The number of benzene rings is 1. The molecule has 0 aliphatic heterocycles. The van der Waals surface area contributed by atoms with E-state index >= 15 is 0 Å². The Balaban J connectivity index is 2.99. The summed E-state index contributed by atoms with van der Waals surface area (Å²) in [6.45, 7) is 0. The van der Waals surface area contributed by atoms with Crippen LogP contribution in [0.1, 0.15) is 5.56 Å². The molecule has 1 N–H and O–H groups in total. The van der Waals surface area contributed by atoms with Crippen molar-refractivity contribution in [2.75, 3.05) is 5.43 Å². The van der Waals surface area contributed by atoms with E-state index in [4.69, 9.17) is 10.5 Å². The minimum Gasteiger partial charge on any atom is -0.275 e. The van der Waals surface area contributed by atoms with Gasteiger partial charge in [0.1, 0.15) is 12.1 Å². The second-order valence-electron chi connectivity index (χ2n) is 2.99. The maximum Gasteiger partial charge on any atom is 0.416 e. The summed E-state index contributed by atoms with van der Waals surface area (Å²) in [5.74, 6) is 0. The first-order chi connectivity index (χ1) is 8.38. The van der Waals surface area contributed by atoms with Gasteiger partial charge in [0, 0.05) is 3.57 Å². The lowest BCUT2D eigenvalue weighted by Crippen LogP contribution is -2.06. The van der Waals surface area contributed by atoms with Crippen molar-refractivity contribution >= 4 is 34.0 Å². The zero-order valence-corrected chi connectivity index (χ0v) is 10.7. The summed E-state index contributed by atoms with van der Waals surface area (Å²) in [4.78, 5) is 0. The molecule has 0 aliphatic rings. The second-order valence-corrected chi connectivity index (χ2v) is 4.15. The van der Waals surface area contributed by atoms with Gasteiger partial charge in [-0.1, -0.05) is 0 Å². The largest absolute Gasteiger partial charge is 0.416 e. The van der Waals surface area contributed by atoms with Crippen LogP contribution in [-0.4, -0.2) is 5.71 Å². The van der Waals surface area contributed by atoms with Gasteiger partial charge in [-0.25, -0.2) is 0 Å². The molecule has 92 valence electrons. The summed E-state index contributed by atoms with van der Waals surface area (Å²) in [5.41, 5.74) is 1.46. The standard InChI is InChI=1S/C10H4F3IN4/c11-10(12,13)6-1-2-9(8(14)3-6)18-17-7(4-15)5-16/h1-3,18H. The van der Waals surface area contributed by atoms with Crippen molar-refractivity contribution in [2.24, 2.45) is 5.10 Å². The van der Waals surface area contributed by atoms with Crippen LogP contribution in [0.5, 0.6) is 0 Å². The van der Waals surface area contributed by atoms with Crippen LogP contribution in [-0.2, 0) is 6.18 Å². The summed E-state index contributed by atoms with van der Waals surface area (Å²) >= 11 is 1.70. The number of halogens is 4. The molecule has 0 amide bonds. The van der Waals surface area contributed by atoms with Gasteiger partial charge in [-0.2, -0.15) is 28.8 Å². The lowest BCUT2D eigenvalue weighted by atomic mass is 10.2. The van der Waals surface area contributed by atoms with Crippen molar-refractivity contribution in [2.45, 2.75) is 6.18 Å². The Morgan fingerprint density at radius 2 is 1.89 bits per heavy atom. The number of alkyl halides is 3. The molecule has 8 heteroatoms. The fraction of sp³-hybridized carbons (Fsp3) is 0.100. The van der Waals surface area contributed by atoms with Crippen molar-refractivity contribution in [3.63, 3.8) is 0 Å². The Morgan fingerprint density at radius 1 is 1.28 bits per heavy atom. The van der Waals surface area contributed by atoms with Crippen molar-refractivity contribution in [1.29, 1.82) is 10.5 Å². The molecule has 0 saturated carbocycles.